The van der Waals surface area contributed by atoms with Crippen molar-refractivity contribution in [3.8, 4) is 5.69 Å². The smallest absolute Gasteiger partial charge is 0.226 e. The van der Waals surface area contributed by atoms with Crippen LogP contribution in [0.25, 0.3) is 5.69 Å². The van der Waals surface area contributed by atoms with Gasteiger partial charge in [-0.05, 0) is 106 Å². The van der Waals surface area contributed by atoms with E-state index in [0.29, 0.717) is 15.8 Å². The number of nitrogens with one attached hydrogen (secondary N) is 2. The molecule has 0 spiro atoms. The van der Waals surface area contributed by atoms with Crippen molar-refractivity contribution in [2.75, 3.05) is 28.2 Å². The van der Waals surface area contributed by atoms with Crippen molar-refractivity contribution in [3.63, 3.8) is 0 Å². The maximum atomic E-state index is 12.3. The summed E-state index contributed by atoms with van der Waals surface area (Å²) in [6.45, 7) is 14.3. The molecule has 0 saturated carbocycles. The second kappa shape index (κ2) is 12.8. The van der Waals surface area contributed by atoms with Gasteiger partial charge in [0.05, 0.1) is 28.5 Å². The fraction of sp³-hybridized carbons (Fsp3) is 0.324. The van der Waals surface area contributed by atoms with Gasteiger partial charge in [0.15, 0.2) is 5.11 Å². The average molecular weight is 615 g/mol. The minimum atomic E-state index is -0.190. The van der Waals surface area contributed by atoms with Gasteiger partial charge in [0, 0.05) is 53.7 Å². The van der Waals surface area contributed by atoms with Crippen molar-refractivity contribution in [1.82, 2.24) is 14.9 Å². The predicted molar refractivity (Wildman–Crippen MR) is 182 cm³/mol. The summed E-state index contributed by atoms with van der Waals surface area (Å²) in [6.07, 6.45) is 1.81. The first-order chi connectivity index (χ1) is 20.6. The van der Waals surface area contributed by atoms with E-state index in [0.717, 1.165) is 47.1 Å². The summed E-state index contributed by atoms with van der Waals surface area (Å²) in [4.78, 5) is 21.5. The summed E-state index contributed by atoms with van der Waals surface area (Å²) in [7, 11) is 0. The molecule has 0 unspecified atom stereocenters. The van der Waals surface area contributed by atoms with E-state index < -0.39 is 0 Å². The normalized spacial score (nSPS) is 16.5. The maximum Gasteiger partial charge on any atom is 0.226 e. The first kappa shape index (κ1) is 30.6. The minimum Gasteiger partial charge on any atom is -0.372 e. The molecule has 0 bridgehead atoms. The summed E-state index contributed by atoms with van der Waals surface area (Å²) in [5.41, 5.74) is 8.04. The van der Waals surface area contributed by atoms with E-state index in [-0.39, 0.29) is 23.9 Å². The van der Waals surface area contributed by atoms with Gasteiger partial charge in [0.1, 0.15) is 0 Å². The number of carbonyl (C=O) groups is 1. The van der Waals surface area contributed by atoms with E-state index in [9.17, 15) is 4.79 Å². The largest absolute Gasteiger partial charge is 0.372 e. The number of halogens is 1. The number of aryl methyl sites for hydroxylation is 1. The number of nitrogens with zero attached hydrogens (tertiary/aromatic N) is 4. The fourth-order valence-corrected chi connectivity index (χ4v) is 6.43. The molecule has 43 heavy (non-hydrogen) atoms. The number of aromatic nitrogens is 2. The summed E-state index contributed by atoms with van der Waals surface area (Å²) in [5, 5.41) is 7.50. The van der Waals surface area contributed by atoms with Crippen molar-refractivity contribution < 1.29 is 4.79 Å². The van der Waals surface area contributed by atoms with Crippen molar-refractivity contribution in [1.29, 1.82) is 0 Å². The quantitative estimate of drug-likeness (QED) is 0.188. The second-order valence-electron chi connectivity index (χ2n) is 11.2. The van der Waals surface area contributed by atoms with E-state index in [1.807, 2.05) is 56.4 Å². The zero-order valence-corrected chi connectivity index (χ0v) is 27.1. The van der Waals surface area contributed by atoms with Crippen LogP contribution < -0.4 is 20.4 Å². The highest BCUT2D eigenvalue weighted by molar-refractivity contribution is 7.80. The number of benzene rings is 2. The molecule has 224 valence electrons. The standard InChI is InChI=1S/C34H39ClN6OS/c1-7-39(8-2)24-12-14-25(15-13-24)40-22(5)19-27(23(40)6)32-31(30-11-9-10-18-36-30)38-34(43)41(32)26-16-17-29(28(35)20-26)37-33(42)21(3)4/h9-21,31-32H,7-8H2,1-6H3,(H,37,42)(H,38,43)/t31-,32+/m0/s1. The third-order valence-electron chi connectivity index (χ3n) is 8.14. The van der Waals surface area contributed by atoms with Gasteiger partial charge in [-0.3, -0.25) is 9.78 Å². The molecule has 1 aliphatic rings. The lowest BCUT2D eigenvalue weighted by atomic mass is 9.96. The van der Waals surface area contributed by atoms with Crippen LogP contribution in [0.5, 0.6) is 0 Å². The molecule has 1 aliphatic heterocycles. The molecule has 0 radical (unpaired) electrons. The van der Waals surface area contributed by atoms with Crippen LogP contribution >= 0.6 is 23.8 Å². The Labute approximate surface area is 264 Å². The average Bonchev–Trinajstić information content (AvgIpc) is 3.50. The van der Waals surface area contributed by atoms with E-state index in [1.165, 1.54) is 5.69 Å². The molecule has 9 heteroatoms. The molecule has 2 atom stereocenters. The monoisotopic (exact) mass is 614 g/mol. The first-order valence-electron chi connectivity index (χ1n) is 14.8. The summed E-state index contributed by atoms with van der Waals surface area (Å²) in [5.74, 6) is -0.239. The second-order valence-corrected chi connectivity index (χ2v) is 11.9. The Kier molecular flexibility index (Phi) is 9.08. The predicted octanol–water partition coefficient (Wildman–Crippen LogP) is 7.76. The van der Waals surface area contributed by atoms with E-state index in [1.54, 1.807) is 0 Å². The van der Waals surface area contributed by atoms with Crippen LogP contribution in [0.2, 0.25) is 5.02 Å². The Bertz CT molecular complexity index is 1610. The molecule has 1 saturated heterocycles. The number of carbonyl (C=O) groups excluding carboxylic acids is 1. The SMILES string of the molecule is CCN(CC)c1ccc(-n2c(C)cc([C@@H]3[C@H](c4ccccn4)NC(=S)N3c3ccc(NC(=O)C(C)C)c(Cl)c3)c2C)cc1. The Morgan fingerprint density at radius 2 is 1.74 bits per heavy atom. The van der Waals surface area contributed by atoms with Crippen LogP contribution in [0.4, 0.5) is 17.1 Å². The van der Waals surface area contributed by atoms with Crippen molar-refractivity contribution in [3.05, 3.63) is 101 Å². The number of anilines is 3. The third kappa shape index (κ3) is 5.99. The van der Waals surface area contributed by atoms with Gasteiger partial charge in [-0.15, -0.1) is 0 Å². The molecule has 0 aliphatic carbocycles. The zero-order chi connectivity index (χ0) is 30.8. The highest BCUT2D eigenvalue weighted by Crippen LogP contribution is 2.44. The first-order valence-corrected chi connectivity index (χ1v) is 15.6. The van der Waals surface area contributed by atoms with Crippen molar-refractivity contribution in [2.45, 2.75) is 53.6 Å². The highest BCUT2D eigenvalue weighted by Gasteiger charge is 2.42. The molecule has 2 N–H and O–H groups in total. The molecule has 4 aromatic rings. The van der Waals surface area contributed by atoms with Crippen molar-refractivity contribution >= 4 is 51.9 Å². The number of amides is 1. The summed E-state index contributed by atoms with van der Waals surface area (Å²) in [6, 6.07) is 22.2. The van der Waals surface area contributed by atoms with Gasteiger partial charge >= 0.3 is 0 Å². The van der Waals surface area contributed by atoms with E-state index >= 15 is 0 Å². The molecule has 2 aromatic carbocycles. The summed E-state index contributed by atoms with van der Waals surface area (Å²) < 4.78 is 2.30. The van der Waals surface area contributed by atoms with Gasteiger partial charge in [0.25, 0.3) is 0 Å². The van der Waals surface area contributed by atoms with Crippen LogP contribution in [0.3, 0.4) is 0 Å². The Hall–Kier alpha value is -3.88. The fourth-order valence-electron chi connectivity index (χ4n) is 5.87. The van der Waals surface area contributed by atoms with Crippen LogP contribution in [0.1, 0.15) is 62.4 Å². The third-order valence-corrected chi connectivity index (χ3v) is 8.76. The lowest BCUT2D eigenvalue weighted by molar-refractivity contribution is -0.118. The van der Waals surface area contributed by atoms with Gasteiger partial charge in [-0.1, -0.05) is 31.5 Å². The molecule has 1 fully saturated rings. The lowest BCUT2D eigenvalue weighted by Gasteiger charge is -2.28. The number of pyridine rings is 1. The van der Waals surface area contributed by atoms with E-state index in [2.05, 4.69) is 83.0 Å². The van der Waals surface area contributed by atoms with Crippen LogP contribution in [-0.2, 0) is 4.79 Å². The van der Waals surface area contributed by atoms with Gasteiger partial charge in [-0.2, -0.15) is 0 Å². The lowest BCUT2D eigenvalue weighted by Crippen LogP contribution is -2.29. The molecular formula is C34H39ClN6OS. The van der Waals surface area contributed by atoms with Gasteiger partial charge in [-0.25, -0.2) is 0 Å². The number of thiocarbonyl (C=S) groups is 1. The molecule has 1 amide bonds. The molecule has 7 nitrogen and oxygen atoms in total. The molecule has 2 aromatic heterocycles. The van der Waals surface area contributed by atoms with Crippen LogP contribution in [0.15, 0.2) is 72.9 Å². The van der Waals surface area contributed by atoms with Crippen molar-refractivity contribution in [2.24, 2.45) is 5.92 Å². The Morgan fingerprint density at radius 1 is 1.05 bits per heavy atom. The van der Waals surface area contributed by atoms with Gasteiger partial charge < -0.3 is 25.0 Å². The van der Waals surface area contributed by atoms with Crippen LogP contribution in [-0.4, -0.2) is 33.7 Å². The van der Waals surface area contributed by atoms with E-state index in [4.69, 9.17) is 28.8 Å². The van der Waals surface area contributed by atoms with Gasteiger partial charge in [0.2, 0.25) is 5.91 Å². The molecular weight excluding hydrogens is 576 g/mol. The minimum absolute atomic E-state index is 0.0846. The van der Waals surface area contributed by atoms with Crippen LogP contribution in [0, 0.1) is 19.8 Å². The number of rotatable bonds is 9. The molecule has 5 rings (SSSR count). The molecule has 3 heterocycles. The summed E-state index contributed by atoms with van der Waals surface area (Å²) >= 11 is 12.7. The zero-order valence-electron chi connectivity index (χ0n) is 25.6. The Balaban J connectivity index is 1.58. The Morgan fingerprint density at radius 3 is 2.35 bits per heavy atom. The highest BCUT2D eigenvalue weighted by atomic mass is 35.5. The topological polar surface area (TPSA) is 65.4 Å². The maximum absolute atomic E-state index is 12.3. The number of hydrogen-bond acceptors (Lipinski definition) is 4. The number of hydrogen-bond donors (Lipinski definition) is 2.